The predicted octanol–water partition coefficient (Wildman–Crippen LogP) is 6.54. The number of aromatic nitrogens is 3. The van der Waals surface area contributed by atoms with E-state index < -0.39 is 0 Å². The summed E-state index contributed by atoms with van der Waals surface area (Å²) in [6, 6.07) is 5.20. The molecule has 0 atom stereocenters. The first-order valence-corrected chi connectivity index (χ1v) is 13.8. The molecule has 1 N–H and O–H groups in total. The van der Waals surface area contributed by atoms with Crippen LogP contribution in [0.5, 0.6) is 0 Å². The number of nitrogens with zero attached hydrogens (tertiary/aromatic N) is 2. The van der Waals surface area contributed by atoms with E-state index in [-0.39, 0.29) is 11.6 Å². The third kappa shape index (κ3) is 3.96. The molecular formula is C29H35N3O4. The molecule has 0 amide bonds. The highest BCUT2D eigenvalue weighted by Crippen LogP contribution is 2.57. The van der Waals surface area contributed by atoms with Gasteiger partial charge in [0.2, 0.25) is 5.89 Å². The quantitative estimate of drug-likeness (QED) is 0.396. The Bertz CT molecular complexity index is 1250. The van der Waals surface area contributed by atoms with Gasteiger partial charge >= 0.3 is 5.97 Å². The zero-order valence-electron chi connectivity index (χ0n) is 21.1. The molecule has 0 spiro atoms. The summed E-state index contributed by atoms with van der Waals surface area (Å²) < 4.78 is 17.9. The second-order valence-electron chi connectivity index (χ2n) is 11.9. The Labute approximate surface area is 211 Å². The van der Waals surface area contributed by atoms with Crippen LogP contribution in [0.4, 0.5) is 0 Å². The van der Waals surface area contributed by atoms with Crippen LogP contribution in [0.25, 0.3) is 22.7 Å². The number of hydrogen-bond donors (Lipinski definition) is 1. The molecule has 0 saturated heterocycles. The molecule has 5 aliphatic carbocycles. The Morgan fingerprint density at radius 3 is 2.47 bits per heavy atom. The van der Waals surface area contributed by atoms with E-state index in [1.807, 2.05) is 0 Å². The summed E-state index contributed by atoms with van der Waals surface area (Å²) in [7, 11) is 1.38. The van der Waals surface area contributed by atoms with Crippen LogP contribution in [-0.2, 0) is 16.1 Å². The average Bonchev–Trinajstić information content (AvgIpc) is 3.50. The van der Waals surface area contributed by atoms with Gasteiger partial charge in [-0.3, -0.25) is 0 Å². The predicted molar refractivity (Wildman–Crippen MR) is 134 cm³/mol. The lowest BCUT2D eigenvalue weighted by Gasteiger charge is -2.56. The van der Waals surface area contributed by atoms with Crippen molar-refractivity contribution in [2.75, 3.05) is 7.11 Å². The van der Waals surface area contributed by atoms with Crippen molar-refractivity contribution >= 4 is 17.1 Å². The summed E-state index contributed by atoms with van der Waals surface area (Å²) in [5, 5.41) is 0. The van der Waals surface area contributed by atoms with Gasteiger partial charge in [-0.25, -0.2) is 14.8 Å². The number of oxazole rings is 1. The van der Waals surface area contributed by atoms with Gasteiger partial charge in [0.05, 0.1) is 30.6 Å². The van der Waals surface area contributed by atoms with Crippen molar-refractivity contribution in [1.82, 2.24) is 15.0 Å². The minimum Gasteiger partial charge on any atom is -0.465 e. The summed E-state index contributed by atoms with van der Waals surface area (Å²) in [4.78, 5) is 25.5. The summed E-state index contributed by atoms with van der Waals surface area (Å²) in [6.45, 7) is 0.507. The molecule has 1 aromatic carbocycles. The molecule has 36 heavy (non-hydrogen) atoms. The van der Waals surface area contributed by atoms with Gasteiger partial charge in [-0.2, -0.15) is 0 Å². The molecule has 5 aliphatic rings. The lowest BCUT2D eigenvalue weighted by atomic mass is 9.54. The van der Waals surface area contributed by atoms with E-state index in [4.69, 9.17) is 23.9 Å². The van der Waals surface area contributed by atoms with Crippen LogP contribution < -0.4 is 0 Å². The maximum absolute atomic E-state index is 12.0. The molecule has 5 saturated carbocycles. The fourth-order valence-corrected chi connectivity index (χ4v) is 7.99. The number of imidazole rings is 1. The van der Waals surface area contributed by atoms with Gasteiger partial charge in [0, 0.05) is 5.92 Å². The fraction of sp³-hybridized carbons (Fsp3) is 0.621. The van der Waals surface area contributed by atoms with Crippen LogP contribution >= 0.6 is 0 Å². The number of carbonyl (C=O) groups excluding carboxylic acids is 1. The van der Waals surface area contributed by atoms with E-state index in [9.17, 15) is 4.79 Å². The summed E-state index contributed by atoms with van der Waals surface area (Å²) >= 11 is 0. The third-order valence-corrected chi connectivity index (χ3v) is 9.30. The van der Waals surface area contributed by atoms with Gasteiger partial charge in [-0.1, -0.05) is 19.3 Å². The number of esters is 1. The van der Waals surface area contributed by atoms with Crippen molar-refractivity contribution in [3.63, 3.8) is 0 Å². The van der Waals surface area contributed by atoms with E-state index in [2.05, 4.69) is 4.98 Å². The van der Waals surface area contributed by atoms with Crippen molar-refractivity contribution in [2.24, 2.45) is 17.8 Å². The molecule has 0 radical (unpaired) electrons. The number of carbonyl (C=O) groups is 1. The second-order valence-corrected chi connectivity index (χ2v) is 11.9. The zero-order chi connectivity index (χ0) is 24.3. The Morgan fingerprint density at radius 1 is 1.06 bits per heavy atom. The first kappa shape index (κ1) is 22.5. The van der Waals surface area contributed by atoms with Gasteiger partial charge in [0.15, 0.2) is 5.58 Å². The Morgan fingerprint density at radius 2 is 1.78 bits per heavy atom. The molecule has 190 valence electrons. The standard InChI is InChI=1S/C29H35N3O4/c1-34-28(33)21-7-8-24-22(12-21)31-27(36-24)25-23(30-26(32-25)20-5-3-2-4-6-20)16-35-29-13-17-9-18(14-29)11-19(10-17)15-29/h7-8,12,17-20H,2-6,9-11,13-16H2,1H3,(H,30,32). The molecule has 0 aliphatic heterocycles. The van der Waals surface area contributed by atoms with Crippen molar-refractivity contribution in [3.8, 4) is 11.6 Å². The number of H-pyrrole nitrogens is 1. The average molecular weight is 490 g/mol. The van der Waals surface area contributed by atoms with Crippen LogP contribution in [-0.4, -0.2) is 33.6 Å². The number of aromatic amines is 1. The summed E-state index contributed by atoms with van der Waals surface area (Å²) in [5.74, 6) is 4.11. The van der Waals surface area contributed by atoms with Gasteiger partial charge in [-0.15, -0.1) is 0 Å². The second kappa shape index (κ2) is 8.72. The number of hydrogen-bond acceptors (Lipinski definition) is 6. The smallest absolute Gasteiger partial charge is 0.337 e. The highest BCUT2D eigenvalue weighted by molar-refractivity contribution is 5.93. The highest BCUT2D eigenvalue weighted by Gasteiger charge is 2.51. The van der Waals surface area contributed by atoms with Gasteiger partial charge in [0.25, 0.3) is 0 Å². The minimum atomic E-state index is -0.384. The lowest BCUT2D eigenvalue weighted by molar-refractivity contribution is -0.169. The van der Waals surface area contributed by atoms with E-state index in [1.54, 1.807) is 18.2 Å². The van der Waals surface area contributed by atoms with E-state index in [1.165, 1.54) is 64.9 Å². The van der Waals surface area contributed by atoms with Crippen molar-refractivity contribution in [3.05, 3.63) is 35.3 Å². The molecule has 4 bridgehead atoms. The number of methoxy groups -OCH3 is 1. The monoisotopic (exact) mass is 489 g/mol. The molecule has 3 aromatic rings. The number of rotatable bonds is 6. The maximum Gasteiger partial charge on any atom is 0.337 e. The maximum atomic E-state index is 12.0. The normalized spacial score (nSPS) is 29.8. The Balaban J connectivity index is 1.21. The Hall–Kier alpha value is -2.67. The highest BCUT2D eigenvalue weighted by atomic mass is 16.5. The van der Waals surface area contributed by atoms with Crippen LogP contribution in [0, 0.1) is 17.8 Å². The molecule has 0 unspecified atom stereocenters. The fourth-order valence-electron chi connectivity index (χ4n) is 7.99. The first-order chi connectivity index (χ1) is 17.6. The number of nitrogens with one attached hydrogen (secondary N) is 1. The number of benzene rings is 1. The molecule has 2 aromatic heterocycles. The Kier molecular flexibility index (Phi) is 5.45. The number of ether oxygens (including phenoxy) is 2. The molecular weight excluding hydrogens is 454 g/mol. The SMILES string of the molecule is COC(=O)c1ccc2oc(-c3nc(C4CCCCC4)[nH]c3COC34CC5CC(CC(C5)C3)C4)nc2c1. The van der Waals surface area contributed by atoms with Crippen LogP contribution in [0.2, 0.25) is 0 Å². The van der Waals surface area contributed by atoms with E-state index in [0.29, 0.717) is 35.1 Å². The van der Waals surface area contributed by atoms with Gasteiger partial charge in [0.1, 0.15) is 17.0 Å². The number of fused-ring (bicyclic) bond motifs is 1. The van der Waals surface area contributed by atoms with E-state index >= 15 is 0 Å². The third-order valence-electron chi connectivity index (χ3n) is 9.30. The van der Waals surface area contributed by atoms with Crippen LogP contribution in [0.15, 0.2) is 22.6 Å². The molecule has 8 rings (SSSR count). The van der Waals surface area contributed by atoms with E-state index in [0.717, 1.165) is 47.8 Å². The minimum absolute atomic E-state index is 0.0266. The molecule has 5 fully saturated rings. The zero-order valence-corrected chi connectivity index (χ0v) is 21.1. The van der Waals surface area contributed by atoms with Crippen molar-refractivity contribution in [1.29, 1.82) is 0 Å². The molecule has 7 heteroatoms. The molecule has 7 nitrogen and oxygen atoms in total. The van der Waals surface area contributed by atoms with Crippen LogP contribution in [0.3, 0.4) is 0 Å². The van der Waals surface area contributed by atoms with Crippen molar-refractivity contribution in [2.45, 2.75) is 88.8 Å². The lowest BCUT2D eigenvalue weighted by Crippen LogP contribution is -2.51. The first-order valence-electron chi connectivity index (χ1n) is 13.8. The molecule has 2 heterocycles. The van der Waals surface area contributed by atoms with Crippen LogP contribution in [0.1, 0.15) is 98.4 Å². The largest absolute Gasteiger partial charge is 0.465 e. The topological polar surface area (TPSA) is 90.2 Å². The van der Waals surface area contributed by atoms with Crippen molar-refractivity contribution < 1.29 is 18.7 Å². The van der Waals surface area contributed by atoms with Gasteiger partial charge in [-0.05, 0) is 87.3 Å². The van der Waals surface area contributed by atoms with Gasteiger partial charge < -0.3 is 18.9 Å². The summed E-state index contributed by atoms with van der Waals surface area (Å²) in [5.41, 5.74) is 3.46. The summed E-state index contributed by atoms with van der Waals surface area (Å²) in [6.07, 6.45) is 14.0.